The van der Waals surface area contributed by atoms with E-state index in [9.17, 15) is 4.79 Å². The lowest BCUT2D eigenvalue weighted by Crippen LogP contribution is -2.20. The maximum Gasteiger partial charge on any atom is 0.231 e. The normalized spacial score (nSPS) is 14.2. The molecule has 0 bridgehead atoms. The van der Waals surface area contributed by atoms with Gasteiger partial charge in [-0.05, 0) is 17.2 Å². The van der Waals surface area contributed by atoms with Gasteiger partial charge in [-0.2, -0.15) is 0 Å². The van der Waals surface area contributed by atoms with Crippen molar-refractivity contribution in [1.82, 2.24) is 5.16 Å². The summed E-state index contributed by atoms with van der Waals surface area (Å²) in [4.78, 5) is 13.3. The zero-order chi connectivity index (χ0) is 12.0. The van der Waals surface area contributed by atoms with Crippen molar-refractivity contribution in [3.05, 3.63) is 30.0 Å². The van der Waals surface area contributed by atoms with Gasteiger partial charge in [0.1, 0.15) is 0 Å². The van der Waals surface area contributed by atoms with Gasteiger partial charge in [0.05, 0.1) is 18.2 Å². The Labute approximate surface area is 97.8 Å². The maximum atomic E-state index is 11.7. The second kappa shape index (κ2) is 3.35. The number of amides is 1. The highest BCUT2D eigenvalue weighted by molar-refractivity contribution is 6.03. The SMILES string of the molecule is CN1C(=O)Cc2c(-c3cnoc3N)cccc21. The molecule has 0 unspecified atom stereocenters. The molecule has 5 nitrogen and oxygen atoms in total. The van der Waals surface area contributed by atoms with Gasteiger partial charge < -0.3 is 15.2 Å². The van der Waals surface area contributed by atoms with Gasteiger partial charge in [-0.3, -0.25) is 4.79 Å². The van der Waals surface area contributed by atoms with E-state index < -0.39 is 0 Å². The molecule has 1 aliphatic heterocycles. The topological polar surface area (TPSA) is 72.4 Å². The number of hydrogen-bond donors (Lipinski definition) is 1. The van der Waals surface area contributed by atoms with E-state index in [1.54, 1.807) is 18.1 Å². The Morgan fingerprint density at radius 1 is 1.41 bits per heavy atom. The predicted octanol–water partition coefficient (Wildman–Crippen LogP) is 1.44. The van der Waals surface area contributed by atoms with Gasteiger partial charge in [0.15, 0.2) is 0 Å². The summed E-state index contributed by atoms with van der Waals surface area (Å²) >= 11 is 0. The summed E-state index contributed by atoms with van der Waals surface area (Å²) in [5, 5.41) is 3.66. The third-order valence-corrected chi connectivity index (χ3v) is 3.10. The number of nitrogen functional groups attached to an aromatic ring is 1. The molecule has 17 heavy (non-hydrogen) atoms. The molecule has 2 aromatic rings. The van der Waals surface area contributed by atoms with E-state index in [2.05, 4.69) is 5.16 Å². The van der Waals surface area contributed by atoms with Crippen LogP contribution in [0.2, 0.25) is 0 Å². The van der Waals surface area contributed by atoms with Gasteiger partial charge in [0, 0.05) is 12.7 Å². The van der Waals surface area contributed by atoms with Crippen molar-refractivity contribution >= 4 is 17.5 Å². The largest absolute Gasteiger partial charge is 0.367 e. The first-order valence-corrected chi connectivity index (χ1v) is 5.27. The average molecular weight is 229 g/mol. The van der Waals surface area contributed by atoms with E-state index in [-0.39, 0.29) is 11.8 Å². The van der Waals surface area contributed by atoms with E-state index in [4.69, 9.17) is 10.3 Å². The molecular weight excluding hydrogens is 218 g/mol. The summed E-state index contributed by atoms with van der Waals surface area (Å²) < 4.78 is 4.86. The van der Waals surface area contributed by atoms with E-state index in [1.165, 1.54) is 0 Å². The molecular formula is C12H11N3O2. The quantitative estimate of drug-likeness (QED) is 0.803. The van der Waals surface area contributed by atoms with Gasteiger partial charge in [-0.15, -0.1) is 0 Å². The van der Waals surface area contributed by atoms with Crippen molar-refractivity contribution in [3.63, 3.8) is 0 Å². The summed E-state index contributed by atoms with van der Waals surface area (Å²) in [6, 6.07) is 5.75. The Bertz CT molecular complexity index is 604. The third kappa shape index (κ3) is 1.32. The first-order chi connectivity index (χ1) is 8.18. The fourth-order valence-corrected chi connectivity index (χ4v) is 2.18. The summed E-state index contributed by atoms with van der Waals surface area (Å²) in [5.74, 6) is 0.364. The van der Waals surface area contributed by atoms with Crippen molar-refractivity contribution in [2.24, 2.45) is 0 Å². The van der Waals surface area contributed by atoms with Crippen molar-refractivity contribution < 1.29 is 9.32 Å². The monoisotopic (exact) mass is 229 g/mol. The molecule has 0 radical (unpaired) electrons. The molecule has 1 aromatic heterocycles. The average Bonchev–Trinajstić information content (AvgIpc) is 2.85. The molecule has 1 aromatic carbocycles. The number of carbonyl (C=O) groups excluding carboxylic acids is 1. The van der Waals surface area contributed by atoms with Gasteiger partial charge in [-0.1, -0.05) is 17.3 Å². The van der Waals surface area contributed by atoms with Crippen LogP contribution in [-0.4, -0.2) is 18.1 Å². The zero-order valence-corrected chi connectivity index (χ0v) is 9.30. The smallest absolute Gasteiger partial charge is 0.231 e. The number of rotatable bonds is 1. The molecule has 5 heteroatoms. The van der Waals surface area contributed by atoms with Crippen LogP contribution >= 0.6 is 0 Å². The Hall–Kier alpha value is -2.30. The molecule has 1 aliphatic rings. The minimum atomic E-state index is 0.0856. The fourth-order valence-electron chi connectivity index (χ4n) is 2.18. The van der Waals surface area contributed by atoms with Crippen LogP contribution in [0.1, 0.15) is 5.56 Å². The molecule has 1 amide bonds. The molecule has 86 valence electrons. The third-order valence-electron chi connectivity index (χ3n) is 3.10. The van der Waals surface area contributed by atoms with Crippen LogP contribution in [0.4, 0.5) is 11.6 Å². The highest BCUT2D eigenvalue weighted by atomic mass is 16.5. The highest BCUT2D eigenvalue weighted by Gasteiger charge is 2.27. The molecule has 2 N–H and O–H groups in total. The predicted molar refractivity (Wildman–Crippen MR) is 63.5 cm³/mol. The molecule has 2 heterocycles. The number of nitrogens with zero attached hydrogens (tertiary/aromatic N) is 2. The summed E-state index contributed by atoms with van der Waals surface area (Å²) in [6.07, 6.45) is 1.97. The molecule has 0 saturated heterocycles. The molecule has 3 rings (SSSR count). The summed E-state index contributed by atoms with van der Waals surface area (Å²) in [6.45, 7) is 0. The number of anilines is 2. The Kier molecular flexibility index (Phi) is 1.95. The van der Waals surface area contributed by atoms with Crippen LogP contribution in [0.15, 0.2) is 28.9 Å². The van der Waals surface area contributed by atoms with Crippen molar-refractivity contribution in [2.75, 3.05) is 17.7 Å². The number of hydrogen-bond acceptors (Lipinski definition) is 4. The molecule has 0 fully saturated rings. The lowest BCUT2D eigenvalue weighted by atomic mass is 10.00. The highest BCUT2D eigenvalue weighted by Crippen LogP contribution is 2.37. The second-order valence-electron chi connectivity index (χ2n) is 4.04. The lowest BCUT2D eigenvalue weighted by Gasteiger charge is -2.10. The standard InChI is InChI=1S/C12H11N3O2/c1-15-10-4-2-3-7(8(10)5-11(15)16)9-6-14-17-12(9)13/h2-4,6H,5,13H2,1H3. The minimum Gasteiger partial charge on any atom is -0.367 e. The minimum absolute atomic E-state index is 0.0856. The van der Waals surface area contributed by atoms with Crippen LogP contribution in [0.25, 0.3) is 11.1 Å². The van der Waals surface area contributed by atoms with E-state index in [0.29, 0.717) is 6.42 Å². The van der Waals surface area contributed by atoms with Crippen molar-refractivity contribution in [2.45, 2.75) is 6.42 Å². The van der Waals surface area contributed by atoms with Crippen LogP contribution in [0, 0.1) is 0 Å². The van der Waals surface area contributed by atoms with Crippen LogP contribution in [-0.2, 0) is 11.2 Å². The summed E-state index contributed by atoms with van der Waals surface area (Å²) in [5.41, 5.74) is 9.27. The van der Waals surface area contributed by atoms with Gasteiger partial charge in [0.2, 0.25) is 11.8 Å². The number of nitrogens with two attached hydrogens (primary N) is 1. The first-order valence-electron chi connectivity index (χ1n) is 5.27. The zero-order valence-electron chi connectivity index (χ0n) is 9.30. The Morgan fingerprint density at radius 2 is 2.24 bits per heavy atom. The van der Waals surface area contributed by atoms with Gasteiger partial charge in [0.25, 0.3) is 0 Å². The van der Waals surface area contributed by atoms with Gasteiger partial charge >= 0.3 is 0 Å². The maximum absolute atomic E-state index is 11.7. The van der Waals surface area contributed by atoms with Gasteiger partial charge in [-0.25, -0.2) is 0 Å². The number of aromatic nitrogens is 1. The molecule has 0 spiro atoms. The summed E-state index contributed by atoms with van der Waals surface area (Å²) in [7, 11) is 1.77. The fraction of sp³-hybridized carbons (Fsp3) is 0.167. The molecule has 0 saturated carbocycles. The number of carbonyl (C=O) groups is 1. The van der Waals surface area contributed by atoms with E-state index in [1.807, 2.05) is 18.2 Å². The lowest BCUT2D eigenvalue weighted by molar-refractivity contribution is -0.117. The van der Waals surface area contributed by atoms with Crippen LogP contribution in [0.3, 0.4) is 0 Å². The van der Waals surface area contributed by atoms with E-state index in [0.717, 1.165) is 22.4 Å². The number of likely N-dealkylation sites (N-methyl/N-ethyl adjacent to an activating group) is 1. The second-order valence-corrected chi connectivity index (χ2v) is 4.04. The number of fused-ring (bicyclic) bond motifs is 1. The van der Waals surface area contributed by atoms with Crippen LogP contribution < -0.4 is 10.6 Å². The van der Waals surface area contributed by atoms with Crippen molar-refractivity contribution in [1.29, 1.82) is 0 Å². The Morgan fingerprint density at radius 3 is 2.94 bits per heavy atom. The molecule has 0 aliphatic carbocycles. The number of benzene rings is 1. The first kappa shape index (κ1) is 9.89. The molecule has 0 atom stereocenters. The Balaban J connectivity index is 2.22. The van der Waals surface area contributed by atoms with Crippen molar-refractivity contribution in [3.8, 4) is 11.1 Å². The van der Waals surface area contributed by atoms with E-state index >= 15 is 0 Å². The van der Waals surface area contributed by atoms with Crippen LogP contribution in [0.5, 0.6) is 0 Å².